The molecule has 6 heteroatoms. The van der Waals surface area contributed by atoms with Crippen molar-refractivity contribution < 1.29 is 9.59 Å². The van der Waals surface area contributed by atoms with Crippen molar-refractivity contribution in [1.82, 2.24) is 21.3 Å². The van der Waals surface area contributed by atoms with E-state index in [1.54, 1.807) is 0 Å². The Morgan fingerprint density at radius 2 is 1.19 bits per heavy atom. The highest BCUT2D eigenvalue weighted by molar-refractivity contribution is 6.05. The van der Waals surface area contributed by atoms with Gasteiger partial charge < -0.3 is 21.3 Å². The molecule has 0 aliphatic carbocycles. The molecule has 0 aromatic heterocycles. The molecule has 0 spiro atoms. The summed E-state index contributed by atoms with van der Waals surface area (Å²) in [7, 11) is 0. The van der Waals surface area contributed by atoms with Gasteiger partial charge in [-0.25, -0.2) is 0 Å². The summed E-state index contributed by atoms with van der Waals surface area (Å²) in [5.74, 6) is -1.22. The van der Waals surface area contributed by atoms with E-state index in [9.17, 15) is 9.59 Å². The van der Waals surface area contributed by atoms with Crippen LogP contribution in [-0.4, -0.2) is 51.1 Å². The van der Waals surface area contributed by atoms with Crippen molar-refractivity contribution in [2.75, 3.05) is 39.3 Å². The molecule has 2 amide bonds. The van der Waals surface area contributed by atoms with Crippen LogP contribution in [0.15, 0.2) is 54.6 Å². The molecule has 1 saturated heterocycles. The highest BCUT2D eigenvalue weighted by Crippen LogP contribution is 2.30. The summed E-state index contributed by atoms with van der Waals surface area (Å²) in [4.78, 5) is 26.1. The second-order valence-electron chi connectivity index (χ2n) is 7.99. The zero-order chi connectivity index (χ0) is 21.5. The summed E-state index contributed by atoms with van der Waals surface area (Å²) in [6, 6.07) is 18.5. The highest BCUT2D eigenvalue weighted by atomic mass is 16.2. The molecular weight excluding hydrogens is 388 g/mol. The Morgan fingerprint density at radius 1 is 0.677 bits per heavy atom. The third-order valence-corrected chi connectivity index (χ3v) is 5.83. The van der Waals surface area contributed by atoms with Gasteiger partial charge in [0.25, 0.3) is 0 Å². The van der Waals surface area contributed by atoms with Crippen molar-refractivity contribution in [3.05, 3.63) is 60.2 Å². The molecule has 1 fully saturated rings. The molecule has 3 aromatic carbocycles. The molecule has 1 aliphatic heterocycles. The van der Waals surface area contributed by atoms with Gasteiger partial charge in [0.2, 0.25) is 11.8 Å². The number of fused-ring (bicyclic) bond motifs is 2. The molecular formula is C25H30N4O2. The molecule has 0 atom stereocenters. The molecule has 31 heavy (non-hydrogen) atoms. The first kappa shape index (κ1) is 21.3. The van der Waals surface area contributed by atoms with Crippen molar-refractivity contribution in [2.24, 2.45) is 5.92 Å². The van der Waals surface area contributed by atoms with Gasteiger partial charge in [-0.05, 0) is 59.1 Å². The van der Waals surface area contributed by atoms with E-state index >= 15 is 0 Å². The molecule has 0 unspecified atom stereocenters. The number of amides is 2. The predicted octanol–water partition coefficient (Wildman–Crippen LogP) is 1.97. The summed E-state index contributed by atoms with van der Waals surface area (Å²) in [5.41, 5.74) is 1.04. The number of hydrogen-bond donors (Lipinski definition) is 4. The minimum Gasteiger partial charge on any atom is -0.354 e. The molecule has 0 bridgehead atoms. The molecule has 3 aromatic rings. The minimum atomic E-state index is -0.780. The van der Waals surface area contributed by atoms with Gasteiger partial charge in [-0.3, -0.25) is 9.59 Å². The summed E-state index contributed by atoms with van der Waals surface area (Å²) in [5, 5.41) is 17.0. The standard InChI is InChI=1S/C25H30N4O2/c30-24-23(25(31)29-15-13-27-11-5-10-26-12-14-28-24)17-22-20-8-3-1-6-18(20)16-19-7-2-4-9-21(19)22/h1-4,6-9,16,23,26-27H,5,10-15,17H2,(H,28,30)(H,29,31). The molecule has 0 radical (unpaired) electrons. The van der Waals surface area contributed by atoms with Crippen LogP contribution in [-0.2, 0) is 16.0 Å². The summed E-state index contributed by atoms with van der Waals surface area (Å²) >= 11 is 0. The number of carbonyl (C=O) groups excluding carboxylic acids is 2. The maximum absolute atomic E-state index is 13.1. The zero-order valence-electron chi connectivity index (χ0n) is 17.7. The van der Waals surface area contributed by atoms with Gasteiger partial charge >= 0.3 is 0 Å². The summed E-state index contributed by atoms with van der Waals surface area (Å²) in [6.45, 7) is 4.20. The number of rotatable bonds is 2. The van der Waals surface area contributed by atoms with Crippen LogP contribution in [0.25, 0.3) is 21.5 Å². The van der Waals surface area contributed by atoms with E-state index in [1.165, 1.54) is 0 Å². The monoisotopic (exact) mass is 418 g/mol. The van der Waals surface area contributed by atoms with Gasteiger partial charge in [-0.15, -0.1) is 0 Å². The van der Waals surface area contributed by atoms with Crippen LogP contribution in [0.2, 0.25) is 0 Å². The lowest BCUT2D eigenvalue weighted by Gasteiger charge is -2.20. The fourth-order valence-corrected chi connectivity index (χ4v) is 4.22. The van der Waals surface area contributed by atoms with Crippen molar-refractivity contribution >= 4 is 33.4 Å². The Kier molecular flexibility index (Phi) is 7.12. The second-order valence-corrected chi connectivity index (χ2v) is 7.99. The number of hydrogen-bond acceptors (Lipinski definition) is 4. The minimum absolute atomic E-state index is 0.221. The zero-order valence-corrected chi connectivity index (χ0v) is 17.7. The fourth-order valence-electron chi connectivity index (χ4n) is 4.22. The van der Waals surface area contributed by atoms with E-state index in [2.05, 4.69) is 51.6 Å². The Balaban J connectivity index is 1.67. The maximum Gasteiger partial charge on any atom is 0.232 e. The molecule has 1 aliphatic rings. The van der Waals surface area contributed by atoms with Gasteiger partial charge in [0.1, 0.15) is 5.92 Å². The van der Waals surface area contributed by atoms with E-state index < -0.39 is 5.92 Å². The Hall–Kier alpha value is -2.96. The lowest BCUT2D eigenvalue weighted by Crippen LogP contribution is -2.46. The van der Waals surface area contributed by atoms with Crippen LogP contribution in [0.5, 0.6) is 0 Å². The van der Waals surface area contributed by atoms with Gasteiger partial charge in [0, 0.05) is 26.2 Å². The smallest absolute Gasteiger partial charge is 0.232 e. The lowest BCUT2D eigenvalue weighted by atomic mass is 9.89. The van der Waals surface area contributed by atoms with Crippen LogP contribution in [0.3, 0.4) is 0 Å². The van der Waals surface area contributed by atoms with Gasteiger partial charge in [-0.1, -0.05) is 48.5 Å². The summed E-state index contributed by atoms with van der Waals surface area (Å²) in [6.07, 6.45) is 1.37. The van der Waals surface area contributed by atoms with E-state index in [1.807, 2.05) is 24.3 Å². The number of nitrogens with one attached hydrogen (secondary N) is 4. The summed E-state index contributed by atoms with van der Waals surface area (Å²) < 4.78 is 0. The van der Waals surface area contributed by atoms with Gasteiger partial charge in [0.15, 0.2) is 0 Å². The van der Waals surface area contributed by atoms with Gasteiger partial charge in [-0.2, -0.15) is 0 Å². The Labute approximate surface area is 182 Å². The molecule has 0 saturated carbocycles. The van der Waals surface area contributed by atoms with Crippen molar-refractivity contribution in [3.63, 3.8) is 0 Å². The second kappa shape index (κ2) is 10.4. The van der Waals surface area contributed by atoms with E-state index in [0.717, 1.165) is 46.6 Å². The first-order valence-corrected chi connectivity index (χ1v) is 11.1. The quantitative estimate of drug-likeness (QED) is 0.379. The lowest BCUT2D eigenvalue weighted by molar-refractivity contribution is -0.135. The normalized spacial score (nSPS) is 17.8. The first-order chi connectivity index (χ1) is 15.2. The van der Waals surface area contributed by atoms with Crippen molar-refractivity contribution in [1.29, 1.82) is 0 Å². The third kappa shape index (κ3) is 5.21. The molecule has 1 heterocycles. The van der Waals surface area contributed by atoms with E-state index in [4.69, 9.17) is 0 Å². The molecule has 162 valence electrons. The van der Waals surface area contributed by atoms with Crippen LogP contribution >= 0.6 is 0 Å². The average molecular weight is 419 g/mol. The number of carbonyl (C=O) groups is 2. The molecule has 6 nitrogen and oxygen atoms in total. The topological polar surface area (TPSA) is 82.3 Å². The van der Waals surface area contributed by atoms with Crippen LogP contribution in [0.4, 0.5) is 0 Å². The first-order valence-electron chi connectivity index (χ1n) is 11.1. The maximum atomic E-state index is 13.1. The number of benzene rings is 3. The van der Waals surface area contributed by atoms with E-state index in [-0.39, 0.29) is 11.8 Å². The SMILES string of the molecule is O=C1NCCNCCCNCCNC(=O)C1Cc1c2ccccc2cc2ccccc12. The van der Waals surface area contributed by atoms with Crippen LogP contribution in [0.1, 0.15) is 12.0 Å². The fraction of sp³-hybridized carbons (Fsp3) is 0.360. The third-order valence-electron chi connectivity index (χ3n) is 5.83. The Morgan fingerprint density at radius 3 is 1.74 bits per heavy atom. The molecule has 4 rings (SSSR count). The van der Waals surface area contributed by atoms with Crippen LogP contribution < -0.4 is 21.3 Å². The Bertz CT molecular complexity index is 988. The molecule has 4 N–H and O–H groups in total. The predicted molar refractivity (Wildman–Crippen MR) is 125 cm³/mol. The van der Waals surface area contributed by atoms with Crippen molar-refractivity contribution in [3.8, 4) is 0 Å². The van der Waals surface area contributed by atoms with Crippen LogP contribution in [0, 0.1) is 5.92 Å². The van der Waals surface area contributed by atoms with Gasteiger partial charge in [0.05, 0.1) is 0 Å². The largest absolute Gasteiger partial charge is 0.354 e. The van der Waals surface area contributed by atoms with E-state index in [0.29, 0.717) is 32.6 Å². The van der Waals surface area contributed by atoms with Crippen molar-refractivity contribution in [2.45, 2.75) is 12.8 Å². The highest BCUT2D eigenvalue weighted by Gasteiger charge is 2.28. The average Bonchev–Trinajstić information content (AvgIpc) is 2.79.